The number of hydrogen-bond acceptors (Lipinski definition) is 3. The monoisotopic (exact) mass is 189 g/mol. The van der Waals surface area contributed by atoms with Gasteiger partial charge in [-0.25, -0.2) is 4.98 Å². The summed E-state index contributed by atoms with van der Waals surface area (Å²) in [4.78, 5) is 16.0. The second kappa shape index (κ2) is 3.59. The molecule has 2 aromatic rings. The fourth-order valence-electron chi connectivity index (χ4n) is 1.39. The standard InChI is InChI=1S/C10H11N3O/c1-11-6-13-7-12-9-5-3-2-4-8(9)10(13)14/h2-5,7,11H,6H2,1H3. The van der Waals surface area contributed by atoms with Gasteiger partial charge in [0.2, 0.25) is 0 Å². The molecule has 0 bridgehead atoms. The normalized spacial score (nSPS) is 10.6. The summed E-state index contributed by atoms with van der Waals surface area (Å²) in [6.45, 7) is 0.483. The van der Waals surface area contributed by atoms with Crippen molar-refractivity contribution in [3.05, 3.63) is 40.9 Å². The predicted octanol–water partition coefficient (Wildman–Crippen LogP) is 0.573. The average molecular weight is 189 g/mol. The predicted molar refractivity (Wildman–Crippen MR) is 55.1 cm³/mol. The van der Waals surface area contributed by atoms with E-state index in [-0.39, 0.29) is 5.56 Å². The maximum atomic E-state index is 11.8. The molecule has 14 heavy (non-hydrogen) atoms. The topological polar surface area (TPSA) is 46.9 Å². The molecule has 1 heterocycles. The molecule has 0 unspecified atom stereocenters. The Kier molecular flexibility index (Phi) is 2.28. The average Bonchev–Trinajstić information content (AvgIpc) is 2.23. The van der Waals surface area contributed by atoms with Crippen molar-refractivity contribution in [3.8, 4) is 0 Å². The van der Waals surface area contributed by atoms with Crippen LogP contribution in [0.25, 0.3) is 10.9 Å². The third-order valence-corrected chi connectivity index (χ3v) is 2.06. The molecule has 4 heteroatoms. The Morgan fingerprint density at radius 3 is 3.00 bits per heavy atom. The minimum Gasteiger partial charge on any atom is -0.303 e. The van der Waals surface area contributed by atoms with Crippen molar-refractivity contribution in [1.29, 1.82) is 0 Å². The summed E-state index contributed by atoms with van der Waals surface area (Å²) in [5, 5.41) is 3.57. The minimum atomic E-state index is -0.00931. The van der Waals surface area contributed by atoms with Crippen LogP contribution >= 0.6 is 0 Å². The molecule has 4 nitrogen and oxygen atoms in total. The summed E-state index contributed by atoms with van der Waals surface area (Å²) in [6.07, 6.45) is 1.56. The molecule has 0 spiro atoms. The second-order valence-electron chi connectivity index (χ2n) is 3.05. The smallest absolute Gasteiger partial charge is 0.262 e. The summed E-state index contributed by atoms with van der Waals surface area (Å²) in [7, 11) is 1.79. The van der Waals surface area contributed by atoms with Crippen molar-refractivity contribution >= 4 is 10.9 Å². The van der Waals surface area contributed by atoms with Crippen LogP contribution in [0, 0.1) is 0 Å². The number of hydrogen-bond donors (Lipinski definition) is 1. The fraction of sp³-hybridized carbons (Fsp3) is 0.200. The Hall–Kier alpha value is -1.68. The van der Waals surface area contributed by atoms with Crippen LogP contribution < -0.4 is 10.9 Å². The van der Waals surface area contributed by atoms with E-state index in [0.717, 1.165) is 5.52 Å². The molecule has 1 N–H and O–H groups in total. The van der Waals surface area contributed by atoms with Crippen molar-refractivity contribution in [2.75, 3.05) is 7.05 Å². The van der Waals surface area contributed by atoms with E-state index in [9.17, 15) is 4.79 Å². The van der Waals surface area contributed by atoms with Gasteiger partial charge in [-0.2, -0.15) is 0 Å². The zero-order valence-corrected chi connectivity index (χ0v) is 7.90. The van der Waals surface area contributed by atoms with E-state index < -0.39 is 0 Å². The summed E-state index contributed by atoms with van der Waals surface area (Å²) >= 11 is 0. The molecular formula is C10H11N3O. The molecule has 0 radical (unpaired) electrons. The Balaban J connectivity index is 2.69. The molecule has 0 saturated heterocycles. The Morgan fingerprint density at radius 2 is 2.21 bits per heavy atom. The Bertz CT molecular complexity index is 504. The molecule has 0 amide bonds. The molecule has 0 aliphatic heterocycles. The second-order valence-corrected chi connectivity index (χ2v) is 3.05. The zero-order chi connectivity index (χ0) is 9.97. The van der Waals surface area contributed by atoms with Crippen LogP contribution in [0.1, 0.15) is 0 Å². The summed E-state index contributed by atoms with van der Waals surface area (Å²) < 4.78 is 1.54. The molecule has 2 rings (SSSR count). The van der Waals surface area contributed by atoms with Gasteiger partial charge >= 0.3 is 0 Å². The Labute approximate surface area is 81.2 Å². The van der Waals surface area contributed by atoms with Gasteiger partial charge in [0.1, 0.15) is 0 Å². The highest BCUT2D eigenvalue weighted by atomic mass is 16.1. The van der Waals surface area contributed by atoms with E-state index in [2.05, 4.69) is 10.3 Å². The van der Waals surface area contributed by atoms with Crippen LogP contribution in [0.15, 0.2) is 35.4 Å². The van der Waals surface area contributed by atoms with Crippen molar-refractivity contribution in [2.24, 2.45) is 0 Å². The fourth-order valence-corrected chi connectivity index (χ4v) is 1.39. The molecule has 0 fully saturated rings. The van der Waals surface area contributed by atoms with E-state index in [0.29, 0.717) is 12.1 Å². The van der Waals surface area contributed by atoms with Gasteiger partial charge in [-0.05, 0) is 19.2 Å². The van der Waals surface area contributed by atoms with E-state index in [1.165, 1.54) is 0 Å². The van der Waals surface area contributed by atoms with Crippen LogP contribution in [0.3, 0.4) is 0 Å². The lowest BCUT2D eigenvalue weighted by Crippen LogP contribution is -2.26. The SMILES string of the molecule is CNCn1cnc2ccccc2c1=O. The van der Waals surface area contributed by atoms with Crippen molar-refractivity contribution in [2.45, 2.75) is 6.67 Å². The number of nitrogens with zero attached hydrogens (tertiary/aromatic N) is 2. The van der Waals surface area contributed by atoms with Gasteiger partial charge in [-0.15, -0.1) is 0 Å². The van der Waals surface area contributed by atoms with Crippen LogP contribution in [0.4, 0.5) is 0 Å². The number of fused-ring (bicyclic) bond motifs is 1. The van der Waals surface area contributed by atoms with Gasteiger partial charge in [-0.3, -0.25) is 9.36 Å². The lowest BCUT2D eigenvalue weighted by atomic mass is 10.2. The van der Waals surface area contributed by atoms with Crippen molar-refractivity contribution < 1.29 is 0 Å². The molecule has 1 aromatic heterocycles. The zero-order valence-electron chi connectivity index (χ0n) is 7.90. The quantitative estimate of drug-likeness (QED) is 0.751. The van der Waals surface area contributed by atoms with Crippen LogP contribution in [-0.4, -0.2) is 16.6 Å². The molecule has 1 aromatic carbocycles. The first kappa shape index (κ1) is 8.90. The van der Waals surface area contributed by atoms with Crippen molar-refractivity contribution in [3.63, 3.8) is 0 Å². The van der Waals surface area contributed by atoms with Gasteiger partial charge in [0.25, 0.3) is 5.56 Å². The van der Waals surface area contributed by atoms with Gasteiger partial charge in [0.05, 0.1) is 23.9 Å². The lowest BCUT2D eigenvalue weighted by molar-refractivity contribution is 0.593. The van der Waals surface area contributed by atoms with Crippen molar-refractivity contribution in [1.82, 2.24) is 14.9 Å². The highest BCUT2D eigenvalue weighted by molar-refractivity contribution is 5.76. The molecule has 72 valence electrons. The summed E-state index contributed by atoms with van der Waals surface area (Å²) in [5.41, 5.74) is 0.731. The van der Waals surface area contributed by atoms with Gasteiger partial charge < -0.3 is 5.32 Å². The van der Waals surface area contributed by atoms with Gasteiger partial charge in [0, 0.05) is 0 Å². The van der Waals surface area contributed by atoms with Crippen LogP contribution in [0.2, 0.25) is 0 Å². The number of benzene rings is 1. The first-order chi connectivity index (χ1) is 6.83. The maximum absolute atomic E-state index is 11.8. The van der Waals surface area contributed by atoms with Crippen LogP contribution in [-0.2, 0) is 6.67 Å². The molecule has 0 saturated carbocycles. The van der Waals surface area contributed by atoms with E-state index in [1.807, 2.05) is 18.2 Å². The number of nitrogens with one attached hydrogen (secondary N) is 1. The summed E-state index contributed by atoms with van der Waals surface area (Å²) in [6, 6.07) is 7.34. The van der Waals surface area contributed by atoms with Crippen LogP contribution in [0.5, 0.6) is 0 Å². The molecular weight excluding hydrogens is 178 g/mol. The number of para-hydroxylation sites is 1. The van der Waals surface area contributed by atoms with E-state index >= 15 is 0 Å². The third kappa shape index (κ3) is 1.40. The Morgan fingerprint density at radius 1 is 1.43 bits per heavy atom. The highest BCUT2D eigenvalue weighted by Crippen LogP contribution is 2.03. The maximum Gasteiger partial charge on any atom is 0.262 e. The minimum absolute atomic E-state index is 0.00931. The molecule has 0 atom stereocenters. The molecule has 0 aliphatic carbocycles. The highest BCUT2D eigenvalue weighted by Gasteiger charge is 2.00. The molecule has 0 aliphatic rings. The van der Waals surface area contributed by atoms with Gasteiger partial charge in [0.15, 0.2) is 0 Å². The van der Waals surface area contributed by atoms with E-state index in [1.54, 1.807) is 24.0 Å². The number of rotatable bonds is 2. The summed E-state index contributed by atoms with van der Waals surface area (Å²) in [5.74, 6) is 0. The lowest BCUT2D eigenvalue weighted by Gasteiger charge is -2.04. The largest absolute Gasteiger partial charge is 0.303 e. The first-order valence-electron chi connectivity index (χ1n) is 4.41. The first-order valence-corrected chi connectivity index (χ1v) is 4.41. The van der Waals surface area contributed by atoms with E-state index in [4.69, 9.17) is 0 Å². The third-order valence-electron chi connectivity index (χ3n) is 2.06. The number of aromatic nitrogens is 2. The van der Waals surface area contributed by atoms with Gasteiger partial charge in [-0.1, -0.05) is 12.1 Å².